The Morgan fingerprint density at radius 3 is 2.63 bits per heavy atom. The summed E-state index contributed by atoms with van der Waals surface area (Å²) in [6, 6.07) is 13.5. The van der Waals surface area contributed by atoms with E-state index in [1.807, 2.05) is 47.4 Å². The van der Waals surface area contributed by atoms with Crippen molar-refractivity contribution in [3.05, 3.63) is 47.5 Å². The van der Waals surface area contributed by atoms with Gasteiger partial charge in [-0.15, -0.1) is 11.3 Å². The average Bonchev–Trinajstić information content (AvgIpc) is 3.09. The van der Waals surface area contributed by atoms with Gasteiger partial charge >= 0.3 is 0 Å². The Kier molecular flexibility index (Phi) is 5.43. The van der Waals surface area contributed by atoms with E-state index < -0.39 is 0 Å². The molecule has 0 aliphatic carbocycles. The van der Waals surface area contributed by atoms with Crippen LogP contribution >= 0.6 is 34.7 Å². The second kappa shape index (κ2) is 7.96. The second-order valence-electron chi connectivity index (χ2n) is 6.34. The first-order chi connectivity index (χ1) is 13.1. The zero-order valence-corrected chi connectivity index (χ0v) is 17.0. The van der Waals surface area contributed by atoms with Crippen LogP contribution in [0.2, 0.25) is 5.02 Å². The van der Waals surface area contributed by atoms with Crippen molar-refractivity contribution in [3.8, 4) is 0 Å². The molecule has 2 heterocycles. The molecule has 1 aliphatic heterocycles. The van der Waals surface area contributed by atoms with E-state index in [2.05, 4.69) is 9.88 Å². The molecule has 2 N–H and O–H groups in total. The van der Waals surface area contributed by atoms with Crippen molar-refractivity contribution >= 4 is 62.2 Å². The Balaban J connectivity index is 1.30. The van der Waals surface area contributed by atoms with E-state index in [9.17, 15) is 4.79 Å². The van der Waals surface area contributed by atoms with Gasteiger partial charge in [0.1, 0.15) is 0 Å². The molecule has 0 bridgehead atoms. The van der Waals surface area contributed by atoms with Crippen molar-refractivity contribution in [2.45, 2.75) is 4.34 Å². The smallest absolute Gasteiger partial charge is 0.233 e. The number of thioether (sulfide) groups is 1. The number of rotatable bonds is 4. The van der Waals surface area contributed by atoms with Crippen LogP contribution < -0.4 is 10.6 Å². The van der Waals surface area contributed by atoms with Crippen LogP contribution in [0.15, 0.2) is 46.8 Å². The number of fused-ring (bicyclic) bond motifs is 1. The number of hydrogen-bond donors (Lipinski definition) is 1. The number of carbonyl (C=O) groups excluding carboxylic acids is 1. The van der Waals surface area contributed by atoms with Gasteiger partial charge in [-0.05, 0) is 42.5 Å². The normalized spacial score (nSPS) is 14.7. The predicted molar refractivity (Wildman–Crippen MR) is 115 cm³/mol. The number of piperazine rings is 1. The number of carbonyl (C=O) groups is 1. The Labute approximate surface area is 171 Å². The van der Waals surface area contributed by atoms with E-state index in [0.29, 0.717) is 5.75 Å². The Bertz CT molecular complexity index is 952. The topological polar surface area (TPSA) is 62.5 Å². The van der Waals surface area contributed by atoms with Crippen LogP contribution in [0.4, 0.5) is 11.4 Å². The van der Waals surface area contributed by atoms with Crippen molar-refractivity contribution in [2.75, 3.05) is 42.6 Å². The van der Waals surface area contributed by atoms with Crippen molar-refractivity contribution < 1.29 is 4.79 Å². The number of halogens is 1. The van der Waals surface area contributed by atoms with Gasteiger partial charge in [0, 0.05) is 42.6 Å². The summed E-state index contributed by atoms with van der Waals surface area (Å²) in [4.78, 5) is 21.3. The summed E-state index contributed by atoms with van der Waals surface area (Å²) in [5, 5.41) is 0.738. The molecule has 0 saturated carbocycles. The van der Waals surface area contributed by atoms with Crippen LogP contribution in [0.25, 0.3) is 10.2 Å². The molecule has 1 aromatic heterocycles. The molecule has 0 unspecified atom stereocenters. The van der Waals surface area contributed by atoms with Crippen molar-refractivity contribution in [2.24, 2.45) is 0 Å². The summed E-state index contributed by atoms with van der Waals surface area (Å²) in [6.07, 6.45) is 0. The highest BCUT2D eigenvalue weighted by atomic mass is 35.5. The number of benzene rings is 2. The number of amides is 1. The molecule has 27 heavy (non-hydrogen) atoms. The van der Waals surface area contributed by atoms with Gasteiger partial charge in [-0.2, -0.15) is 0 Å². The number of anilines is 2. The average molecular weight is 419 g/mol. The van der Waals surface area contributed by atoms with Gasteiger partial charge in [0.25, 0.3) is 0 Å². The quantitative estimate of drug-likeness (QED) is 0.513. The molecule has 5 nitrogen and oxygen atoms in total. The molecule has 0 atom stereocenters. The number of thiazole rings is 1. The summed E-state index contributed by atoms with van der Waals surface area (Å²) in [7, 11) is 0. The second-order valence-corrected chi connectivity index (χ2v) is 9.03. The third kappa shape index (κ3) is 4.31. The van der Waals surface area contributed by atoms with Crippen LogP contribution in [-0.4, -0.2) is 47.7 Å². The van der Waals surface area contributed by atoms with Gasteiger partial charge in [-0.3, -0.25) is 4.79 Å². The van der Waals surface area contributed by atoms with E-state index in [1.165, 1.54) is 11.8 Å². The molecule has 8 heteroatoms. The summed E-state index contributed by atoms with van der Waals surface area (Å²) < 4.78 is 1.96. The number of nitrogen functional groups attached to an aromatic ring is 1. The Morgan fingerprint density at radius 2 is 1.89 bits per heavy atom. The highest BCUT2D eigenvalue weighted by molar-refractivity contribution is 8.01. The lowest BCUT2D eigenvalue weighted by molar-refractivity contribution is -0.128. The lowest BCUT2D eigenvalue weighted by atomic mass is 10.2. The Hall–Kier alpha value is -1.96. The first-order valence-corrected chi connectivity index (χ1v) is 10.8. The molecule has 1 saturated heterocycles. The molecule has 1 aliphatic rings. The minimum absolute atomic E-state index is 0.162. The molecule has 4 rings (SSSR count). The van der Waals surface area contributed by atoms with Crippen LogP contribution in [0.5, 0.6) is 0 Å². The standard InChI is InChI=1S/C19H19ClN4OS2/c20-13-1-4-15(5-2-13)23-7-9-24(10-8-23)18(25)12-26-19-22-16-6-3-14(21)11-17(16)27-19/h1-6,11H,7-10,12,21H2. The monoisotopic (exact) mass is 418 g/mol. The highest BCUT2D eigenvalue weighted by Crippen LogP contribution is 2.31. The van der Waals surface area contributed by atoms with E-state index in [-0.39, 0.29) is 5.91 Å². The van der Waals surface area contributed by atoms with Gasteiger partial charge < -0.3 is 15.5 Å². The summed E-state index contributed by atoms with van der Waals surface area (Å²) in [5.41, 5.74) is 8.63. The van der Waals surface area contributed by atoms with Crippen molar-refractivity contribution in [1.29, 1.82) is 0 Å². The lowest BCUT2D eigenvalue weighted by Crippen LogP contribution is -2.49. The zero-order chi connectivity index (χ0) is 18.8. The van der Waals surface area contributed by atoms with Gasteiger partial charge in [-0.1, -0.05) is 23.4 Å². The Morgan fingerprint density at radius 1 is 1.15 bits per heavy atom. The molecule has 0 radical (unpaired) electrons. The van der Waals surface area contributed by atoms with Gasteiger partial charge in [0.2, 0.25) is 5.91 Å². The molecule has 2 aromatic carbocycles. The fourth-order valence-corrected chi connectivity index (χ4v) is 5.21. The minimum atomic E-state index is 0.162. The largest absolute Gasteiger partial charge is 0.399 e. The third-order valence-electron chi connectivity index (χ3n) is 4.54. The molecule has 1 fully saturated rings. The molecular formula is C19H19ClN4OS2. The van der Waals surface area contributed by atoms with E-state index in [1.54, 1.807) is 11.3 Å². The summed E-state index contributed by atoms with van der Waals surface area (Å²) >= 11 is 9.03. The van der Waals surface area contributed by atoms with E-state index in [0.717, 1.165) is 57.1 Å². The van der Waals surface area contributed by atoms with E-state index in [4.69, 9.17) is 17.3 Å². The molecule has 3 aromatic rings. The van der Waals surface area contributed by atoms with Gasteiger partial charge in [0.15, 0.2) is 4.34 Å². The number of nitrogens with two attached hydrogens (primary N) is 1. The molecule has 1 amide bonds. The number of hydrogen-bond acceptors (Lipinski definition) is 6. The fraction of sp³-hybridized carbons (Fsp3) is 0.263. The van der Waals surface area contributed by atoms with Crippen molar-refractivity contribution in [1.82, 2.24) is 9.88 Å². The van der Waals surface area contributed by atoms with Crippen LogP contribution in [0, 0.1) is 0 Å². The molecule has 0 spiro atoms. The molecular weight excluding hydrogens is 400 g/mol. The van der Waals surface area contributed by atoms with Gasteiger partial charge in [-0.25, -0.2) is 4.98 Å². The summed E-state index contributed by atoms with van der Waals surface area (Å²) in [6.45, 7) is 3.13. The zero-order valence-electron chi connectivity index (χ0n) is 14.6. The van der Waals surface area contributed by atoms with Crippen LogP contribution in [0.3, 0.4) is 0 Å². The lowest BCUT2D eigenvalue weighted by Gasteiger charge is -2.36. The first-order valence-electron chi connectivity index (χ1n) is 8.66. The number of nitrogens with zero attached hydrogens (tertiary/aromatic N) is 3. The van der Waals surface area contributed by atoms with Crippen molar-refractivity contribution in [3.63, 3.8) is 0 Å². The first kappa shape index (κ1) is 18.4. The maximum absolute atomic E-state index is 12.6. The fourth-order valence-electron chi connectivity index (χ4n) is 3.06. The SMILES string of the molecule is Nc1ccc2nc(SCC(=O)N3CCN(c4ccc(Cl)cc4)CC3)sc2c1. The molecule has 140 valence electrons. The predicted octanol–water partition coefficient (Wildman–Crippen LogP) is 3.97. The van der Waals surface area contributed by atoms with Gasteiger partial charge in [0.05, 0.1) is 16.0 Å². The van der Waals surface area contributed by atoms with E-state index >= 15 is 0 Å². The number of aromatic nitrogens is 1. The minimum Gasteiger partial charge on any atom is -0.399 e. The van der Waals surface area contributed by atoms with Crippen LogP contribution in [-0.2, 0) is 4.79 Å². The highest BCUT2D eigenvalue weighted by Gasteiger charge is 2.21. The maximum Gasteiger partial charge on any atom is 0.233 e. The summed E-state index contributed by atoms with van der Waals surface area (Å²) in [5.74, 6) is 0.575. The maximum atomic E-state index is 12.6. The third-order valence-corrected chi connectivity index (χ3v) is 6.93. The van der Waals surface area contributed by atoms with Crippen LogP contribution in [0.1, 0.15) is 0 Å².